The van der Waals surface area contributed by atoms with Gasteiger partial charge in [-0.05, 0) is 31.0 Å². The Balaban J connectivity index is 1.94. The van der Waals surface area contributed by atoms with Gasteiger partial charge in [0.05, 0.1) is 16.9 Å². The third-order valence-corrected chi connectivity index (χ3v) is 4.15. The van der Waals surface area contributed by atoms with Gasteiger partial charge in [-0.1, -0.05) is 29.0 Å². The van der Waals surface area contributed by atoms with E-state index in [1.54, 1.807) is 7.11 Å². The summed E-state index contributed by atoms with van der Waals surface area (Å²) in [6.45, 7) is 2.43. The standard InChI is InChI=1S/C15H16N2O4S/c1-10-3-4-12(21-2)11(9-10)7-8-16-15(18)13-5-6-14(22-13)17(19)20/h3-6,9H,7-8H2,1-2H3,(H,16,18). The lowest BCUT2D eigenvalue weighted by atomic mass is 10.1. The number of thiophene rings is 1. The molecule has 1 aromatic heterocycles. The normalized spacial score (nSPS) is 10.3. The summed E-state index contributed by atoms with van der Waals surface area (Å²) in [5, 5.41) is 13.3. The molecule has 22 heavy (non-hydrogen) atoms. The van der Waals surface area contributed by atoms with E-state index in [9.17, 15) is 14.9 Å². The molecule has 1 N–H and O–H groups in total. The van der Waals surface area contributed by atoms with Crippen LogP contribution in [-0.4, -0.2) is 24.5 Å². The average Bonchev–Trinajstić information content (AvgIpc) is 2.97. The summed E-state index contributed by atoms with van der Waals surface area (Å²) in [4.78, 5) is 22.4. The van der Waals surface area contributed by atoms with E-state index in [-0.39, 0.29) is 10.9 Å². The molecule has 1 amide bonds. The molecule has 0 saturated heterocycles. The van der Waals surface area contributed by atoms with Crippen LogP contribution >= 0.6 is 11.3 Å². The van der Waals surface area contributed by atoms with Crippen LogP contribution in [0.15, 0.2) is 30.3 Å². The van der Waals surface area contributed by atoms with E-state index in [4.69, 9.17) is 4.74 Å². The molecule has 6 nitrogen and oxygen atoms in total. The predicted octanol–water partition coefficient (Wildman–Crippen LogP) is 2.95. The number of carbonyl (C=O) groups excluding carboxylic acids is 1. The number of nitrogens with zero attached hydrogens (tertiary/aromatic N) is 1. The van der Waals surface area contributed by atoms with Crippen molar-refractivity contribution in [3.8, 4) is 5.75 Å². The molecule has 1 heterocycles. The number of nitro groups is 1. The average molecular weight is 320 g/mol. The number of rotatable bonds is 6. The fourth-order valence-electron chi connectivity index (χ4n) is 2.05. The zero-order chi connectivity index (χ0) is 16.1. The number of nitrogens with one attached hydrogen (secondary N) is 1. The minimum atomic E-state index is -0.501. The van der Waals surface area contributed by atoms with Gasteiger partial charge in [-0.25, -0.2) is 0 Å². The maximum atomic E-state index is 11.9. The van der Waals surface area contributed by atoms with Crippen molar-refractivity contribution < 1.29 is 14.5 Å². The van der Waals surface area contributed by atoms with Gasteiger partial charge in [-0.15, -0.1) is 0 Å². The van der Waals surface area contributed by atoms with E-state index in [1.165, 1.54) is 12.1 Å². The number of carbonyl (C=O) groups is 1. The number of amides is 1. The van der Waals surface area contributed by atoms with Gasteiger partial charge in [0.15, 0.2) is 0 Å². The van der Waals surface area contributed by atoms with Crippen LogP contribution in [0.25, 0.3) is 0 Å². The first-order valence-corrected chi connectivity index (χ1v) is 7.49. The van der Waals surface area contributed by atoms with Crippen LogP contribution in [0.4, 0.5) is 5.00 Å². The van der Waals surface area contributed by atoms with Crippen molar-refractivity contribution in [2.24, 2.45) is 0 Å². The topological polar surface area (TPSA) is 81.5 Å². The summed E-state index contributed by atoms with van der Waals surface area (Å²) < 4.78 is 5.29. The summed E-state index contributed by atoms with van der Waals surface area (Å²) in [5.41, 5.74) is 2.14. The van der Waals surface area contributed by atoms with Crippen LogP contribution in [-0.2, 0) is 6.42 Å². The van der Waals surface area contributed by atoms with E-state index < -0.39 is 4.92 Å². The summed E-state index contributed by atoms with van der Waals surface area (Å²) in [5.74, 6) is 0.483. The molecule has 0 aliphatic heterocycles. The van der Waals surface area contributed by atoms with Gasteiger partial charge < -0.3 is 10.1 Å². The number of aryl methyl sites for hydroxylation is 1. The first kappa shape index (κ1) is 16.0. The molecule has 0 fully saturated rings. The third kappa shape index (κ3) is 3.82. The zero-order valence-corrected chi connectivity index (χ0v) is 13.1. The van der Waals surface area contributed by atoms with Crippen molar-refractivity contribution in [1.29, 1.82) is 0 Å². The predicted molar refractivity (Wildman–Crippen MR) is 84.7 cm³/mol. The lowest BCUT2D eigenvalue weighted by Crippen LogP contribution is -2.25. The third-order valence-electron chi connectivity index (χ3n) is 3.11. The molecular formula is C15H16N2O4S. The summed E-state index contributed by atoms with van der Waals surface area (Å²) in [6, 6.07) is 8.68. The molecule has 0 aliphatic rings. The summed E-state index contributed by atoms with van der Waals surface area (Å²) >= 11 is 0.870. The SMILES string of the molecule is COc1ccc(C)cc1CCNC(=O)c1ccc([N+](=O)[O-])s1. The van der Waals surface area contributed by atoms with Crippen molar-refractivity contribution in [2.75, 3.05) is 13.7 Å². The highest BCUT2D eigenvalue weighted by atomic mass is 32.1. The quantitative estimate of drug-likeness (QED) is 0.655. The molecule has 0 bridgehead atoms. The molecule has 1 aromatic carbocycles. The highest BCUT2D eigenvalue weighted by Crippen LogP contribution is 2.24. The monoisotopic (exact) mass is 320 g/mol. The Labute approximate surface area is 131 Å². The Morgan fingerprint density at radius 3 is 2.77 bits per heavy atom. The Hall–Kier alpha value is -2.41. The first-order chi connectivity index (χ1) is 10.5. The maximum Gasteiger partial charge on any atom is 0.324 e. The highest BCUT2D eigenvalue weighted by molar-refractivity contribution is 7.17. The fourth-order valence-corrected chi connectivity index (χ4v) is 2.79. The van der Waals surface area contributed by atoms with Crippen molar-refractivity contribution in [3.05, 3.63) is 56.5 Å². The van der Waals surface area contributed by atoms with Crippen molar-refractivity contribution in [1.82, 2.24) is 5.32 Å². The number of benzene rings is 1. The molecule has 0 unspecified atom stereocenters. The van der Waals surface area contributed by atoms with Crippen LogP contribution in [0.1, 0.15) is 20.8 Å². The van der Waals surface area contributed by atoms with Gasteiger partial charge in [0.2, 0.25) is 0 Å². The number of hydrogen-bond donors (Lipinski definition) is 1. The second-order valence-electron chi connectivity index (χ2n) is 4.72. The van der Waals surface area contributed by atoms with Crippen LogP contribution in [0.2, 0.25) is 0 Å². The summed E-state index contributed by atoms with van der Waals surface area (Å²) in [6.07, 6.45) is 0.629. The maximum absolute atomic E-state index is 11.9. The van der Waals surface area contributed by atoms with E-state index >= 15 is 0 Å². The van der Waals surface area contributed by atoms with Crippen molar-refractivity contribution in [2.45, 2.75) is 13.3 Å². The second kappa shape index (κ2) is 7.04. The molecular weight excluding hydrogens is 304 g/mol. The molecule has 0 spiro atoms. The first-order valence-electron chi connectivity index (χ1n) is 6.67. The molecule has 7 heteroatoms. The van der Waals surface area contributed by atoms with E-state index in [1.807, 2.05) is 25.1 Å². The second-order valence-corrected chi connectivity index (χ2v) is 5.78. The van der Waals surface area contributed by atoms with Crippen LogP contribution in [0.3, 0.4) is 0 Å². The van der Waals surface area contributed by atoms with Crippen molar-refractivity contribution >= 4 is 22.2 Å². The fraction of sp³-hybridized carbons (Fsp3) is 0.267. The van der Waals surface area contributed by atoms with Gasteiger partial charge in [-0.3, -0.25) is 14.9 Å². The van der Waals surface area contributed by atoms with Crippen LogP contribution < -0.4 is 10.1 Å². The molecule has 0 aliphatic carbocycles. The Morgan fingerprint density at radius 1 is 1.36 bits per heavy atom. The Kier molecular flexibility index (Phi) is 5.11. The van der Waals surface area contributed by atoms with Crippen LogP contribution in [0.5, 0.6) is 5.75 Å². The molecule has 2 aromatic rings. The largest absolute Gasteiger partial charge is 0.496 e. The molecule has 0 atom stereocenters. The van der Waals surface area contributed by atoms with Gasteiger partial charge in [0, 0.05) is 12.6 Å². The van der Waals surface area contributed by atoms with Gasteiger partial charge >= 0.3 is 5.00 Å². The summed E-state index contributed by atoms with van der Waals surface area (Å²) in [7, 11) is 1.61. The van der Waals surface area contributed by atoms with Crippen LogP contribution in [0, 0.1) is 17.0 Å². The minimum Gasteiger partial charge on any atom is -0.496 e. The van der Waals surface area contributed by atoms with Gasteiger partial charge in [-0.2, -0.15) is 0 Å². The molecule has 0 saturated carbocycles. The zero-order valence-electron chi connectivity index (χ0n) is 12.3. The molecule has 2 rings (SSSR count). The molecule has 116 valence electrons. The Morgan fingerprint density at radius 2 is 2.14 bits per heavy atom. The molecule has 0 radical (unpaired) electrons. The van der Waals surface area contributed by atoms with Gasteiger partial charge in [0.1, 0.15) is 5.75 Å². The van der Waals surface area contributed by atoms with E-state index in [2.05, 4.69) is 5.32 Å². The Bertz CT molecular complexity index is 697. The minimum absolute atomic E-state index is 0.0366. The number of ether oxygens (including phenoxy) is 1. The lowest BCUT2D eigenvalue weighted by molar-refractivity contribution is -0.380. The number of hydrogen-bond acceptors (Lipinski definition) is 5. The lowest BCUT2D eigenvalue weighted by Gasteiger charge is -2.10. The highest BCUT2D eigenvalue weighted by Gasteiger charge is 2.15. The van der Waals surface area contributed by atoms with Crippen molar-refractivity contribution in [3.63, 3.8) is 0 Å². The number of methoxy groups -OCH3 is 1. The smallest absolute Gasteiger partial charge is 0.324 e. The van der Waals surface area contributed by atoms with E-state index in [0.29, 0.717) is 17.8 Å². The van der Waals surface area contributed by atoms with E-state index in [0.717, 1.165) is 28.2 Å². The van der Waals surface area contributed by atoms with Gasteiger partial charge in [0.25, 0.3) is 5.91 Å².